The topological polar surface area (TPSA) is 81.2 Å². The number of carbonyl (C=O) groups is 1. The summed E-state index contributed by atoms with van der Waals surface area (Å²) in [6, 6.07) is 1.39. The van der Waals surface area contributed by atoms with Crippen LogP contribution in [0.5, 0.6) is 0 Å². The number of hydrogen-bond donors (Lipinski definition) is 1. The molecule has 6 nitrogen and oxygen atoms in total. The van der Waals surface area contributed by atoms with Crippen molar-refractivity contribution in [3.8, 4) is 0 Å². The predicted octanol–water partition coefficient (Wildman–Crippen LogP) is -0.0229. The molecule has 1 aliphatic rings. The molecule has 0 aliphatic heterocycles. The highest BCUT2D eigenvalue weighted by atomic mass is 16.5. The zero-order valence-corrected chi connectivity index (χ0v) is 9.56. The van der Waals surface area contributed by atoms with E-state index in [1.54, 1.807) is 6.92 Å². The lowest BCUT2D eigenvalue weighted by atomic mass is 10.3. The zero-order chi connectivity index (χ0) is 12.4. The molecule has 0 unspecified atom stereocenters. The number of rotatable bonds is 4. The van der Waals surface area contributed by atoms with Crippen LogP contribution in [0, 0.1) is 0 Å². The minimum absolute atomic E-state index is 0.228. The highest BCUT2D eigenvalue weighted by Crippen LogP contribution is 2.37. The Hall–Kier alpha value is -1.85. The maximum atomic E-state index is 11.7. The van der Waals surface area contributed by atoms with Crippen LogP contribution in [0.3, 0.4) is 0 Å². The largest absolute Gasteiger partial charge is 0.465 e. The van der Waals surface area contributed by atoms with E-state index in [4.69, 9.17) is 4.74 Å². The fourth-order valence-electron chi connectivity index (χ4n) is 1.64. The van der Waals surface area contributed by atoms with Crippen LogP contribution >= 0.6 is 0 Å². The average Bonchev–Trinajstić information content (AvgIpc) is 3.07. The van der Waals surface area contributed by atoms with E-state index < -0.39 is 17.2 Å². The van der Waals surface area contributed by atoms with Gasteiger partial charge in [0.2, 0.25) is 0 Å². The van der Waals surface area contributed by atoms with Crippen LogP contribution in [0.2, 0.25) is 0 Å². The van der Waals surface area contributed by atoms with Crippen molar-refractivity contribution in [3.05, 3.63) is 32.6 Å². The molecule has 2 rings (SSSR count). The second kappa shape index (κ2) is 4.57. The molecule has 1 heterocycles. The van der Waals surface area contributed by atoms with Crippen LogP contribution in [0.4, 0.5) is 0 Å². The Labute approximate surface area is 97.2 Å². The molecule has 17 heavy (non-hydrogen) atoms. The second-order valence-corrected chi connectivity index (χ2v) is 4.03. The second-order valence-electron chi connectivity index (χ2n) is 4.03. The van der Waals surface area contributed by atoms with E-state index in [1.807, 2.05) is 0 Å². The van der Waals surface area contributed by atoms with Gasteiger partial charge in [0, 0.05) is 11.8 Å². The van der Waals surface area contributed by atoms with Crippen molar-refractivity contribution >= 4 is 5.97 Å². The Balaban J connectivity index is 2.25. The van der Waals surface area contributed by atoms with Crippen LogP contribution < -0.4 is 11.2 Å². The lowest BCUT2D eigenvalue weighted by Gasteiger charge is -2.05. The molecule has 92 valence electrons. The maximum Gasteiger partial charge on any atom is 0.329 e. The fourth-order valence-corrected chi connectivity index (χ4v) is 1.64. The number of nitrogens with one attached hydrogen (secondary N) is 1. The summed E-state index contributed by atoms with van der Waals surface area (Å²) in [7, 11) is 0. The molecule has 0 bridgehead atoms. The lowest BCUT2D eigenvalue weighted by molar-refractivity contribution is -0.143. The number of ether oxygens (including phenoxy) is 1. The van der Waals surface area contributed by atoms with Crippen LogP contribution in [0.25, 0.3) is 0 Å². The van der Waals surface area contributed by atoms with Crippen molar-refractivity contribution in [1.82, 2.24) is 9.55 Å². The molecule has 0 spiro atoms. The van der Waals surface area contributed by atoms with Gasteiger partial charge in [0.25, 0.3) is 5.56 Å². The molecule has 1 aromatic heterocycles. The van der Waals surface area contributed by atoms with Gasteiger partial charge >= 0.3 is 11.7 Å². The van der Waals surface area contributed by atoms with Gasteiger partial charge in [-0.15, -0.1) is 0 Å². The number of carbonyl (C=O) groups excluding carboxylic acids is 1. The molecule has 1 aliphatic carbocycles. The molecule has 0 aromatic carbocycles. The normalized spacial score (nSPS) is 14.6. The number of aromatic amines is 1. The molecule has 1 aromatic rings. The van der Waals surface area contributed by atoms with Crippen molar-refractivity contribution in [3.63, 3.8) is 0 Å². The first-order valence-electron chi connectivity index (χ1n) is 5.61. The third-order valence-electron chi connectivity index (χ3n) is 2.65. The molecule has 0 radical (unpaired) electrons. The predicted molar refractivity (Wildman–Crippen MR) is 59.9 cm³/mol. The van der Waals surface area contributed by atoms with E-state index >= 15 is 0 Å². The van der Waals surface area contributed by atoms with Crippen molar-refractivity contribution in [1.29, 1.82) is 0 Å². The summed E-state index contributed by atoms with van der Waals surface area (Å²) < 4.78 is 5.55. The van der Waals surface area contributed by atoms with E-state index in [0.29, 0.717) is 11.6 Å². The summed E-state index contributed by atoms with van der Waals surface area (Å²) >= 11 is 0. The van der Waals surface area contributed by atoms with E-state index in [9.17, 15) is 14.4 Å². The van der Waals surface area contributed by atoms with Crippen LogP contribution in [0.15, 0.2) is 15.7 Å². The minimum atomic E-state index is -0.584. The third kappa shape index (κ3) is 2.64. The van der Waals surface area contributed by atoms with Crippen molar-refractivity contribution in [2.75, 3.05) is 6.61 Å². The third-order valence-corrected chi connectivity index (χ3v) is 2.65. The summed E-state index contributed by atoms with van der Waals surface area (Å²) in [6.07, 6.45) is 1.99. The summed E-state index contributed by atoms with van der Waals surface area (Å²) in [6.45, 7) is 1.56. The Bertz CT molecular complexity index is 508. The van der Waals surface area contributed by atoms with E-state index in [-0.39, 0.29) is 13.2 Å². The molecule has 1 fully saturated rings. The van der Waals surface area contributed by atoms with E-state index in [2.05, 4.69) is 4.98 Å². The molecule has 0 saturated heterocycles. The molecular formula is C11H14N2O4. The van der Waals surface area contributed by atoms with Gasteiger partial charge in [0.15, 0.2) is 0 Å². The maximum absolute atomic E-state index is 11.7. The molecule has 6 heteroatoms. The van der Waals surface area contributed by atoms with Gasteiger partial charge in [-0.2, -0.15) is 0 Å². The summed E-state index contributed by atoms with van der Waals surface area (Å²) in [4.78, 5) is 37.1. The minimum Gasteiger partial charge on any atom is -0.465 e. The number of H-pyrrole nitrogens is 1. The highest BCUT2D eigenvalue weighted by molar-refractivity contribution is 5.69. The van der Waals surface area contributed by atoms with Gasteiger partial charge < -0.3 is 9.72 Å². The Morgan fingerprint density at radius 3 is 2.76 bits per heavy atom. The SMILES string of the molecule is CCOC(=O)Cn1c(=O)cc(C2CC2)[nH]c1=O. The fraction of sp³-hybridized carbons (Fsp3) is 0.545. The molecule has 1 N–H and O–H groups in total. The summed E-state index contributed by atoms with van der Waals surface area (Å²) in [5, 5.41) is 0. The molecule has 0 amide bonds. The van der Waals surface area contributed by atoms with Crippen LogP contribution in [-0.2, 0) is 16.1 Å². The van der Waals surface area contributed by atoms with Gasteiger partial charge in [0.05, 0.1) is 6.61 Å². The van der Waals surface area contributed by atoms with Gasteiger partial charge in [-0.1, -0.05) is 0 Å². The van der Waals surface area contributed by atoms with Crippen molar-refractivity contribution < 1.29 is 9.53 Å². The Kier molecular flexibility index (Phi) is 3.12. The van der Waals surface area contributed by atoms with E-state index in [0.717, 1.165) is 17.4 Å². The van der Waals surface area contributed by atoms with Gasteiger partial charge in [0.1, 0.15) is 6.54 Å². The first kappa shape index (κ1) is 11.6. The Morgan fingerprint density at radius 1 is 1.53 bits per heavy atom. The van der Waals surface area contributed by atoms with Crippen LogP contribution in [-0.4, -0.2) is 22.1 Å². The standard InChI is InChI=1S/C11H14N2O4/c1-2-17-10(15)6-13-9(14)5-8(7-3-4-7)12-11(13)16/h5,7H,2-4,6H2,1H3,(H,12,16). The number of esters is 1. The van der Waals surface area contributed by atoms with Crippen molar-refractivity contribution in [2.45, 2.75) is 32.2 Å². The average molecular weight is 238 g/mol. The summed E-state index contributed by atoms with van der Waals surface area (Å²) in [5.74, 6) is -0.285. The van der Waals surface area contributed by atoms with E-state index in [1.165, 1.54) is 6.07 Å². The zero-order valence-electron chi connectivity index (χ0n) is 9.56. The first-order valence-corrected chi connectivity index (χ1v) is 5.61. The van der Waals surface area contributed by atoms with Gasteiger partial charge in [-0.25, -0.2) is 9.36 Å². The number of nitrogens with zero attached hydrogens (tertiary/aromatic N) is 1. The number of aromatic nitrogens is 2. The highest BCUT2D eigenvalue weighted by Gasteiger charge is 2.25. The monoisotopic (exact) mass is 238 g/mol. The van der Waals surface area contributed by atoms with Gasteiger partial charge in [-0.05, 0) is 25.7 Å². The van der Waals surface area contributed by atoms with Crippen LogP contribution in [0.1, 0.15) is 31.4 Å². The quantitative estimate of drug-likeness (QED) is 0.747. The lowest BCUT2D eigenvalue weighted by Crippen LogP contribution is -2.38. The number of hydrogen-bond acceptors (Lipinski definition) is 4. The smallest absolute Gasteiger partial charge is 0.329 e. The van der Waals surface area contributed by atoms with Gasteiger partial charge in [-0.3, -0.25) is 9.59 Å². The van der Waals surface area contributed by atoms with Crippen molar-refractivity contribution in [2.24, 2.45) is 0 Å². The first-order chi connectivity index (χ1) is 8.11. The molecule has 0 atom stereocenters. The summed E-state index contributed by atoms with van der Waals surface area (Å²) in [5.41, 5.74) is -0.337. The molecular weight excluding hydrogens is 224 g/mol. The molecule has 1 saturated carbocycles. The Morgan fingerprint density at radius 2 is 2.24 bits per heavy atom.